The van der Waals surface area contributed by atoms with Gasteiger partial charge in [-0.25, -0.2) is 0 Å². The number of aromatic nitrogens is 1. The van der Waals surface area contributed by atoms with Crippen molar-refractivity contribution in [3.63, 3.8) is 0 Å². The predicted octanol–water partition coefficient (Wildman–Crippen LogP) is 4.46. The van der Waals surface area contributed by atoms with E-state index in [0.29, 0.717) is 30.2 Å². The molecule has 0 aliphatic carbocycles. The minimum atomic E-state index is -0.383. The van der Waals surface area contributed by atoms with Crippen LogP contribution < -0.4 is 15.6 Å². The number of anilines is 1. The second kappa shape index (κ2) is 10.8. The van der Waals surface area contributed by atoms with Gasteiger partial charge in [0.2, 0.25) is 5.43 Å². The van der Waals surface area contributed by atoms with Crippen molar-refractivity contribution in [1.82, 2.24) is 14.8 Å². The van der Waals surface area contributed by atoms with E-state index in [-0.39, 0.29) is 22.9 Å². The van der Waals surface area contributed by atoms with Gasteiger partial charge in [0.1, 0.15) is 5.56 Å². The van der Waals surface area contributed by atoms with Gasteiger partial charge in [0.25, 0.3) is 5.91 Å². The number of ether oxygens (including phenoxy) is 1. The number of likely N-dealkylation sites (N-methyl/N-ethyl adjacent to an activating group) is 1. The molecule has 0 saturated carbocycles. The summed E-state index contributed by atoms with van der Waals surface area (Å²) in [5.41, 5.74) is 4.87. The maximum absolute atomic E-state index is 13.9. The summed E-state index contributed by atoms with van der Waals surface area (Å²) < 4.78 is 7.64. The zero-order chi connectivity index (χ0) is 26.9. The van der Waals surface area contributed by atoms with Gasteiger partial charge in [0, 0.05) is 56.4 Å². The molecule has 8 heteroatoms. The van der Waals surface area contributed by atoms with Crippen molar-refractivity contribution in [1.29, 1.82) is 0 Å². The summed E-state index contributed by atoms with van der Waals surface area (Å²) >= 11 is 6.00. The first kappa shape index (κ1) is 25.6. The van der Waals surface area contributed by atoms with Crippen LogP contribution in [0, 0.1) is 0 Å². The minimum absolute atomic E-state index is 0.0419. The third-order valence-corrected chi connectivity index (χ3v) is 7.92. The van der Waals surface area contributed by atoms with E-state index in [9.17, 15) is 9.59 Å². The molecule has 39 heavy (non-hydrogen) atoms. The summed E-state index contributed by atoms with van der Waals surface area (Å²) in [6.07, 6.45) is 1.75. The average molecular weight is 543 g/mol. The quantitative estimate of drug-likeness (QED) is 0.390. The number of carbonyl (C=O) groups excluding carboxylic acids is 1. The molecule has 3 heterocycles. The fourth-order valence-corrected chi connectivity index (χ4v) is 5.73. The Balaban J connectivity index is 1.45. The summed E-state index contributed by atoms with van der Waals surface area (Å²) in [6, 6.07) is 21.7. The van der Waals surface area contributed by atoms with Crippen LogP contribution in [0.4, 0.5) is 5.69 Å². The highest BCUT2D eigenvalue weighted by atomic mass is 35.5. The van der Waals surface area contributed by atoms with Crippen LogP contribution in [0.2, 0.25) is 5.02 Å². The highest BCUT2D eigenvalue weighted by molar-refractivity contribution is 6.30. The van der Waals surface area contributed by atoms with E-state index < -0.39 is 0 Å². The van der Waals surface area contributed by atoms with Gasteiger partial charge >= 0.3 is 0 Å². The second-order valence-electron chi connectivity index (χ2n) is 10.3. The molecule has 2 aliphatic rings. The number of hydrogen-bond acceptors (Lipinski definition) is 5. The summed E-state index contributed by atoms with van der Waals surface area (Å²) in [6.45, 7) is 4.90. The summed E-state index contributed by atoms with van der Waals surface area (Å²) in [5.74, 6) is -0.383. The Morgan fingerprint density at radius 1 is 1.03 bits per heavy atom. The molecular weight excluding hydrogens is 512 g/mol. The summed E-state index contributed by atoms with van der Waals surface area (Å²) in [4.78, 5) is 31.9. The first-order chi connectivity index (χ1) is 19.0. The SMILES string of the molecule is CN1CC(c2ccccc2)n2cc(C(=O)NCc3ccc(Cl)cc3)c(=O)c3cc(CN4CCOCC4)cc1c32. The van der Waals surface area contributed by atoms with Gasteiger partial charge in [-0.2, -0.15) is 0 Å². The zero-order valence-electron chi connectivity index (χ0n) is 21.9. The number of rotatable bonds is 6. The third-order valence-electron chi connectivity index (χ3n) is 7.66. The maximum atomic E-state index is 13.9. The number of halogens is 1. The Morgan fingerprint density at radius 3 is 2.51 bits per heavy atom. The first-order valence-electron chi connectivity index (χ1n) is 13.3. The number of nitrogens with one attached hydrogen (secondary N) is 1. The van der Waals surface area contributed by atoms with Crippen molar-refractivity contribution in [2.24, 2.45) is 0 Å². The summed E-state index contributed by atoms with van der Waals surface area (Å²) in [7, 11) is 2.07. The molecule has 4 aromatic rings. The fourth-order valence-electron chi connectivity index (χ4n) is 5.60. The second-order valence-corrected chi connectivity index (χ2v) is 10.7. The zero-order valence-corrected chi connectivity index (χ0v) is 22.7. The molecule has 1 aromatic heterocycles. The minimum Gasteiger partial charge on any atom is -0.379 e. The smallest absolute Gasteiger partial charge is 0.257 e. The molecule has 6 rings (SSSR count). The standard InChI is InChI=1S/C31H31ClN4O3/c1-34-20-28(23-5-3-2-4-6-23)36-19-26(31(38)33-17-21-7-9-24(32)10-8-21)30(37)25-15-22(16-27(34)29(25)36)18-35-11-13-39-14-12-35/h2-10,15-16,19,28H,11-14,17-18,20H2,1H3,(H,33,38). The van der Waals surface area contributed by atoms with Crippen molar-refractivity contribution in [3.05, 3.63) is 110 Å². The monoisotopic (exact) mass is 542 g/mol. The molecule has 1 N–H and O–H groups in total. The highest BCUT2D eigenvalue weighted by Crippen LogP contribution is 2.37. The first-order valence-corrected chi connectivity index (χ1v) is 13.7. The lowest BCUT2D eigenvalue weighted by atomic mass is 9.98. The molecule has 1 atom stereocenters. The van der Waals surface area contributed by atoms with Crippen LogP contribution in [0.25, 0.3) is 10.9 Å². The number of pyridine rings is 1. The van der Waals surface area contributed by atoms with Crippen molar-refractivity contribution in [2.45, 2.75) is 19.1 Å². The normalized spacial score (nSPS) is 17.4. The number of benzene rings is 3. The largest absolute Gasteiger partial charge is 0.379 e. The van der Waals surface area contributed by atoms with E-state index in [1.807, 2.05) is 36.4 Å². The molecule has 0 spiro atoms. The van der Waals surface area contributed by atoms with Gasteiger partial charge in [-0.3, -0.25) is 14.5 Å². The Kier molecular flexibility index (Phi) is 7.12. The Labute approximate surface area is 232 Å². The van der Waals surface area contributed by atoms with Crippen molar-refractivity contribution >= 4 is 34.1 Å². The van der Waals surface area contributed by atoms with Crippen molar-refractivity contribution in [2.75, 3.05) is 44.8 Å². The average Bonchev–Trinajstić information content (AvgIpc) is 2.96. The molecule has 3 aromatic carbocycles. The number of hydrogen-bond donors (Lipinski definition) is 1. The van der Waals surface area contributed by atoms with E-state index in [4.69, 9.17) is 16.3 Å². The fraction of sp³-hybridized carbons (Fsp3) is 0.290. The van der Waals surface area contributed by atoms with E-state index in [1.54, 1.807) is 18.3 Å². The van der Waals surface area contributed by atoms with E-state index in [0.717, 1.165) is 54.1 Å². The lowest BCUT2D eigenvalue weighted by Crippen LogP contribution is -2.37. The molecule has 1 saturated heterocycles. The van der Waals surface area contributed by atoms with Gasteiger partial charge in [0.15, 0.2) is 0 Å². The van der Waals surface area contributed by atoms with E-state index in [1.165, 1.54) is 0 Å². The van der Waals surface area contributed by atoms with Crippen LogP contribution in [0.5, 0.6) is 0 Å². The summed E-state index contributed by atoms with van der Waals surface area (Å²) in [5, 5.41) is 4.15. The van der Waals surface area contributed by atoms with Crippen LogP contribution in [0.3, 0.4) is 0 Å². The Bertz CT molecular complexity index is 1560. The Morgan fingerprint density at radius 2 is 1.77 bits per heavy atom. The highest BCUT2D eigenvalue weighted by Gasteiger charge is 2.29. The van der Waals surface area contributed by atoms with Crippen molar-refractivity contribution < 1.29 is 9.53 Å². The number of morpholine rings is 1. The number of carbonyl (C=O) groups is 1. The van der Waals surface area contributed by atoms with E-state index in [2.05, 4.69) is 44.9 Å². The van der Waals surface area contributed by atoms with Gasteiger partial charge in [-0.05, 0) is 41.0 Å². The molecule has 7 nitrogen and oxygen atoms in total. The molecule has 1 unspecified atom stereocenters. The lowest BCUT2D eigenvalue weighted by molar-refractivity contribution is 0.0342. The van der Waals surface area contributed by atoms with Gasteiger partial charge < -0.3 is 19.5 Å². The number of nitrogens with zero attached hydrogens (tertiary/aromatic N) is 3. The van der Waals surface area contributed by atoms with Gasteiger partial charge in [0.05, 0.1) is 30.5 Å². The van der Waals surface area contributed by atoms with Gasteiger partial charge in [-0.1, -0.05) is 54.1 Å². The molecule has 1 fully saturated rings. The maximum Gasteiger partial charge on any atom is 0.257 e. The third kappa shape index (κ3) is 5.17. The number of amides is 1. The van der Waals surface area contributed by atoms with E-state index >= 15 is 0 Å². The molecular formula is C31H31ClN4O3. The van der Waals surface area contributed by atoms with Crippen LogP contribution in [0.15, 0.2) is 77.7 Å². The molecule has 200 valence electrons. The van der Waals surface area contributed by atoms with Crippen molar-refractivity contribution in [3.8, 4) is 0 Å². The molecule has 1 amide bonds. The van der Waals surface area contributed by atoms with Crippen LogP contribution in [-0.2, 0) is 17.8 Å². The van der Waals surface area contributed by atoms with Gasteiger partial charge in [-0.15, -0.1) is 0 Å². The molecule has 2 aliphatic heterocycles. The van der Waals surface area contributed by atoms with Crippen LogP contribution >= 0.6 is 11.6 Å². The lowest BCUT2D eigenvalue weighted by Gasteiger charge is -2.37. The van der Waals surface area contributed by atoms with Crippen LogP contribution in [-0.4, -0.2) is 55.3 Å². The van der Waals surface area contributed by atoms with Crippen LogP contribution in [0.1, 0.15) is 33.1 Å². The molecule has 0 bridgehead atoms. The predicted molar refractivity (Wildman–Crippen MR) is 155 cm³/mol. The topological polar surface area (TPSA) is 66.8 Å². The Hall–Kier alpha value is -3.65. The molecule has 0 radical (unpaired) electrons.